The fourth-order valence-electron chi connectivity index (χ4n) is 2.85. The quantitative estimate of drug-likeness (QED) is 0.854. The Labute approximate surface area is 108 Å². The lowest BCUT2D eigenvalue weighted by molar-refractivity contribution is 0.113. The Hall–Kier alpha value is -0.930. The first-order chi connectivity index (χ1) is 8.77. The fourth-order valence-corrected chi connectivity index (χ4v) is 2.85. The predicted molar refractivity (Wildman–Crippen MR) is 71.5 cm³/mol. The van der Waals surface area contributed by atoms with Crippen LogP contribution in [0.3, 0.4) is 0 Å². The Bertz CT molecular complexity index is 387. The maximum atomic E-state index is 14.4. The van der Waals surface area contributed by atoms with Gasteiger partial charge in [-0.1, -0.05) is 30.3 Å². The van der Waals surface area contributed by atoms with Gasteiger partial charge < -0.3 is 10.6 Å². The lowest BCUT2D eigenvalue weighted by Crippen LogP contribution is -2.46. The van der Waals surface area contributed by atoms with Crippen molar-refractivity contribution in [2.45, 2.75) is 36.9 Å². The molecule has 2 nitrogen and oxygen atoms in total. The normalized spacial score (nSPS) is 30.1. The van der Waals surface area contributed by atoms with Crippen LogP contribution < -0.4 is 10.6 Å². The smallest absolute Gasteiger partial charge is 0.125 e. The van der Waals surface area contributed by atoms with Gasteiger partial charge in [0.1, 0.15) is 5.67 Å². The van der Waals surface area contributed by atoms with Crippen molar-refractivity contribution < 1.29 is 4.39 Å². The van der Waals surface area contributed by atoms with E-state index >= 15 is 0 Å². The number of hydrogen-bond acceptors (Lipinski definition) is 2. The average molecular weight is 248 g/mol. The highest BCUT2D eigenvalue weighted by atomic mass is 19.1. The van der Waals surface area contributed by atoms with E-state index in [0.29, 0.717) is 31.3 Å². The first-order valence-corrected chi connectivity index (χ1v) is 6.95. The van der Waals surface area contributed by atoms with Gasteiger partial charge in [0.2, 0.25) is 0 Å². The monoisotopic (exact) mass is 248 g/mol. The van der Waals surface area contributed by atoms with Crippen LogP contribution in [0.1, 0.15) is 30.7 Å². The first-order valence-electron chi connectivity index (χ1n) is 6.95. The number of halogens is 1. The molecular formula is C15H21FN2. The van der Waals surface area contributed by atoms with Gasteiger partial charge in [-0.2, -0.15) is 0 Å². The zero-order valence-corrected chi connectivity index (χ0v) is 10.7. The van der Waals surface area contributed by atoms with E-state index in [4.69, 9.17) is 0 Å². The molecule has 1 aromatic rings. The third kappa shape index (κ3) is 2.73. The highest BCUT2D eigenvalue weighted by molar-refractivity contribution is 5.27. The summed E-state index contributed by atoms with van der Waals surface area (Å²) in [7, 11) is 0. The van der Waals surface area contributed by atoms with Gasteiger partial charge in [0.05, 0.1) is 0 Å². The van der Waals surface area contributed by atoms with Crippen molar-refractivity contribution in [3.05, 3.63) is 35.9 Å². The second-order valence-electron chi connectivity index (χ2n) is 5.64. The maximum absolute atomic E-state index is 14.4. The summed E-state index contributed by atoms with van der Waals surface area (Å²) in [6.07, 6.45) is 2.43. The highest BCUT2D eigenvalue weighted by Crippen LogP contribution is 2.41. The topological polar surface area (TPSA) is 24.1 Å². The Morgan fingerprint density at radius 3 is 2.67 bits per heavy atom. The van der Waals surface area contributed by atoms with E-state index in [1.807, 2.05) is 6.07 Å². The molecule has 0 bridgehead atoms. The molecule has 18 heavy (non-hydrogen) atoms. The molecule has 0 amide bonds. The third-order valence-corrected chi connectivity index (χ3v) is 4.20. The van der Waals surface area contributed by atoms with Crippen molar-refractivity contribution in [1.29, 1.82) is 0 Å². The van der Waals surface area contributed by atoms with Gasteiger partial charge >= 0.3 is 0 Å². The number of rotatable bonds is 4. The summed E-state index contributed by atoms with van der Waals surface area (Å²) < 4.78 is 14.4. The average Bonchev–Trinajstić information content (AvgIpc) is 3.18. The summed E-state index contributed by atoms with van der Waals surface area (Å²) in [5, 5.41) is 6.62. The molecule has 1 saturated heterocycles. The van der Waals surface area contributed by atoms with Crippen molar-refractivity contribution >= 4 is 0 Å². The van der Waals surface area contributed by atoms with Crippen LogP contribution in [0.2, 0.25) is 0 Å². The molecule has 3 rings (SSSR count). The molecule has 3 heteroatoms. The van der Waals surface area contributed by atoms with Crippen LogP contribution in [-0.2, 0) is 0 Å². The molecule has 2 atom stereocenters. The van der Waals surface area contributed by atoms with Crippen molar-refractivity contribution in [3.63, 3.8) is 0 Å². The summed E-state index contributed by atoms with van der Waals surface area (Å²) in [5.41, 5.74) is 0.392. The van der Waals surface area contributed by atoms with Crippen LogP contribution in [0.4, 0.5) is 4.39 Å². The SMILES string of the molecule is FC1(CNC2CC2c2ccccc2)CCNCC1. The van der Waals surface area contributed by atoms with E-state index in [1.165, 1.54) is 5.56 Å². The third-order valence-electron chi connectivity index (χ3n) is 4.20. The van der Waals surface area contributed by atoms with Gasteiger partial charge in [0, 0.05) is 18.5 Å². The van der Waals surface area contributed by atoms with Gasteiger partial charge in [-0.15, -0.1) is 0 Å². The minimum atomic E-state index is -0.991. The Balaban J connectivity index is 1.48. The van der Waals surface area contributed by atoms with E-state index in [1.54, 1.807) is 0 Å². The molecule has 98 valence electrons. The number of benzene rings is 1. The zero-order valence-electron chi connectivity index (χ0n) is 10.7. The van der Waals surface area contributed by atoms with Crippen LogP contribution in [0.15, 0.2) is 30.3 Å². The lowest BCUT2D eigenvalue weighted by Gasteiger charge is -2.30. The van der Waals surface area contributed by atoms with Crippen molar-refractivity contribution in [2.24, 2.45) is 0 Å². The molecule has 2 fully saturated rings. The van der Waals surface area contributed by atoms with Crippen molar-refractivity contribution in [2.75, 3.05) is 19.6 Å². The Kier molecular flexibility index (Phi) is 3.35. The molecular weight excluding hydrogens is 227 g/mol. The molecule has 1 saturated carbocycles. The lowest BCUT2D eigenvalue weighted by atomic mass is 9.94. The second-order valence-corrected chi connectivity index (χ2v) is 5.64. The molecule has 0 aromatic heterocycles. The fraction of sp³-hybridized carbons (Fsp3) is 0.600. The standard InChI is InChI=1S/C15H21FN2/c16-15(6-8-17-9-7-15)11-18-14-10-13(14)12-4-2-1-3-5-12/h1-5,13-14,17-18H,6-11H2. The molecule has 1 aliphatic heterocycles. The Morgan fingerprint density at radius 2 is 1.94 bits per heavy atom. The van der Waals surface area contributed by atoms with Gasteiger partial charge in [0.15, 0.2) is 0 Å². The number of alkyl halides is 1. The van der Waals surface area contributed by atoms with Gasteiger partial charge in [-0.3, -0.25) is 0 Å². The zero-order chi connectivity index (χ0) is 12.4. The van der Waals surface area contributed by atoms with E-state index in [9.17, 15) is 4.39 Å². The van der Waals surface area contributed by atoms with Crippen LogP contribution >= 0.6 is 0 Å². The van der Waals surface area contributed by atoms with Crippen molar-refractivity contribution in [1.82, 2.24) is 10.6 Å². The summed E-state index contributed by atoms with van der Waals surface area (Å²) in [4.78, 5) is 0. The van der Waals surface area contributed by atoms with Crippen molar-refractivity contribution in [3.8, 4) is 0 Å². The number of hydrogen-bond donors (Lipinski definition) is 2. The van der Waals surface area contributed by atoms with Crippen LogP contribution in [0, 0.1) is 0 Å². The summed E-state index contributed by atoms with van der Waals surface area (Å²) >= 11 is 0. The van der Waals surface area contributed by atoms with Gasteiger partial charge in [-0.25, -0.2) is 4.39 Å². The van der Waals surface area contributed by atoms with Crippen LogP contribution in [0.25, 0.3) is 0 Å². The minimum absolute atomic E-state index is 0.481. The summed E-state index contributed by atoms with van der Waals surface area (Å²) in [5.74, 6) is 0.594. The molecule has 0 spiro atoms. The Morgan fingerprint density at radius 1 is 1.22 bits per heavy atom. The van der Waals surface area contributed by atoms with Crippen LogP contribution in [-0.4, -0.2) is 31.3 Å². The minimum Gasteiger partial charge on any atom is -0.316 e. The van der Waals surface area contributed by atoms with E-state index in [0.717, 1.165) is 19.5 Å². The predicted octanol–water partition coefficient (Wildman–Crippen LogP) is 2.22. The molecule has 2 aliphatic rings. The van der Waals surface area contributed by atoms with Gasteiger partial charge in [0.25, 0.3) is 0 Å². The second kappa shape index (κ2) is 4.98. The van der Waals surface area contributed by atoms with E-state index in [-0.39, 0.29) is 0 Å². The maximum Gasteiger partial charge on any atom is 0.125 e. The molecule has 1 aromatic carbocycles. The van der Waals surface area contributed by atoms with E-state index in [2.05, 4.69) is 34.9 Å². The molecule has 0 radical (unpaired) electrons. The largest absolute Gasteiger partial charge is 0.316 e. The number of nitrogens with one attached hydrogen (secondary N) is 2. The van der Waals surface area contributed by atoms with E-state index < -0.39 is 5.67 Å². The molecule has 1 heterocycles. The molecule has 1 aliphatic carbocycles. The van der Waals surface area contributed by atoms with Crippen LogP contribution in [0.5, 0.6) is 0 Å². The highest BCUT2D eigenvalue weighted by Gasteiger charge is 2.40. The first kappa shape index (κ1) is 12.1. The molecule has 2 N–H and O–H groups in total. The summed E-state index contributed by atoms with van der Waals surface area (Å²) in [6.45, 7) is 2.14. The number of piperidine rings is 1. The van der Waals surface area contributed by atoms with Gasteiger partial charge in [-0.05, 0) is 37.9 Å². The summed E-state index contributed by atoms with van der Waals surface area (Å²) in [6, 6.07) is 11.0. The molecule has 2 unspecified atom stereocenters.